The molecule has 2 amide bonds. The first-order valence-corrected chi connectivity index (χ1v) is 9.47. The van der Waals surface area contributed by atoms with Gasteiger partial charge in [0.15, 0.2) is 0 Å². The van der Waals surface area contributed by atoms with Crippen molar-refractivity contribution in [3.8, 4) is 0 Å². The van der Waals surface area contributed by atoms with Crippen LogP contribution in [-0.4, -0.2) is 35.0 Å². The number of aryl methyl sites for hydroxylation is 1. The Morgan fingerprint density at radius 1 is 1.24 bits per heavy atom. The molecule has 0 radical (unpaired) electrons. The number of hydrogen-bond donors (Lipinski definition) is 2. The molecule has 1 atom stereocenters. The Morgan fingerprint density at radius 2 is 2.08 bits per heavy atom. The predicted molar refractivity (Wildman–Crippen MR) is 93.3 cm³/mol. The molecule has 1 unspecified atom stereocenters. The molecule has 4 rings (SSSR count). The minimum Gasteiger partial charge on any atom is -0.342 e. The van der Waals surface area contributed by atoms with Crippen molar-refractivity contribution in [2.24, 2.45) is 11.3 Å². The summed E-state index contributed by atoms with van der Waals surface area (Å²) in [5, 5.41) is 8.80. The molecule has 2 N–H and O–H groups in total. The first kappa shape index (κ1) is 16.6. The summed E-state index contributed by atoms with van der Waals surface area (Å²) < 4.78 is 0. The fourth-order valence-corrected chi connectivity index (χ4v) is 4.77. The Balaban J connectivity index is 1.53. The monoisotopic (exact) mass is 342 g/mol. The second-order valence-electron chi connectivity index (χ2n) is 8.03. The molecule has 1 aromatic rings. The van der Waals surface area contributed by atoms with Gasteiger partial charge in [-0.05, 0) is 74.1 Å². The van der Waals surface area contributed by atoms with Crippen molar-refractivity contribution >= 4 is 11.8 Å². The molecule has 1 aromatic carbocycles. The van der Waals surface area contributed by atoms with Crippen molar-refractivity contribution in [1.29, 1.82) is 0 Å². The number of carbonyl (C=O) groups is 2. The number of carbonyl (C=O) groups excluding carboxylic acids is 2. The largest absolute Gasteiger partial charge is 0.342 e. The van der Waals surface area contributed by atoms with Crippen molar-refractivity contribution in [2.75, 3.05) is 13.1 Å². The minimum atomic E-state index is -0.483. The fourth-order valence-electron chi connectivity index (χ4n) is 4.77. The van der Waals surface area contributed by atoms with Crippen molar-refractivity contribution in [3.05, 3.63) is 34.9 Å². The molecule has 1 saturated carbocycles. The molecule has 1 spiro atoms. The highest BCUT2D eigenvalue weighted by molar-refractivity contribution is 5.93. The summed E-state index contributed by atoms with van der Waals surface area (Å²) in [6.45, 7) is 1.86. The van der Waals surface area contributed by atoms with Gasteiger partial charge in [0, 0.05) is 18.7 Å². The van der Waals surface area contributed by atoms with Gasteiger partial charge in [-0.3, -0.25) is 14.8 Å². The van der Waals surface area contributed by atoms with Gasteiger partial charge in [-0.25, -0.2) is 5.48 Å². The SMILES string of the molecule is O=C(NO)c1ccc2c(c1)CCC1(CCCN(CC3CCC3)C1=O)C2. The van der Waals surface area contributed by atoms with E-state index in [0.717, 1.165) is 56.7 Å². The maximum Gasteiger partial charge on any atom is 0.274 e. The average Bonchev–Trinajstić information content (AvgIpc) is 2.60. The summed E-state index contributed by atoms with van der Waals surface area (Å²) in [5.41, 5.74) is 4.23. The number of nitrogens with zero attached hydrogens (tertiary/aromatic N) is 1. The molecule has 3 aliphatic rings. The highest BCUT2D eigenvalue weighted by Gasteiger charge is 2.46. The highest BCUT2D eigenvalue weighted by Crippen LogP contribution is 2.44. The number of nitrogens with one attached hydrogen (secondary N) is 1. The number of rotatable bonds is 3. The molecule has 134 valence electrons. The van der Waals surface area contributed by atoms with Crippen LogP contribution < -0.4 is 5.48 Å². The number of hydrogen-bond acceptors (Lipinski definition) is 3. The van der Waals surface area contributed by atoms with Crippen LogP contribution in [0.5, 0.6) is 0 Å². The van der Waals surface area contributed by atoms with Crippen LogP contribution in [0.25, 0.3) is 0 Å². The second kappa shape index (κ2) is 6.45. The molecule has 1 heterocycles. The highest BCUT2D eigenvalue weighted by atomic mass is 16.5. The van der Waals surface area contributed by atoms with E-state index in [4.69, 9.17) is 5.21 Å². The van der Waals surface area contributed by atoms with E-state index >= 15 is 0 Å². The van der Waals surface area contributed by atoms with E-state index in [1.165, 1.54) is 24.8 Å². The number of amides is 2. The molecule has 0 bridgehead atoms. The lowest BCUT2D eigenvalue weighted by Crippen LogP contribution is -2.52. The summed E-state index contributed by atoms with van der Waals surface area (Å²) >= 11 is 0. The smallest absolute Gasteiger partial charge is 0.274 e. The Hall–Kier alpha value is -1.88. The van der Waals surface area contributed by atoms with E-state index in [1.807, 2.05) is 12.1 Å². The first-order chi connectivity index (χ1) is 12.1. The lowest BCUT2D eigenvalue weighted by atomic mass is 9.66. The molecule has 5 nitrogen and oxygen atoms in total. The van der Waals surface area contributed by atoms with Crippen LogP contribution in [0.3, 0.4) is 0 Å². The molecular weight excluding hydrogens is 316 g/mol. The van der Waals surface area contributed by atoms with Gasteiger partial charge >= 0.3 is 0 Å². The van der Waals surface area contributed by atoms with Crippen molar-refractivity contribution in [3.63, 3.8) is 0 Å². The fraction of sp³-hybridized carbons (Fsp3) is 0.600. The van der Waals surface area contributed by atoms with E-state index in [-0.39, 0.29) is 5.41 Å². The van der Waals surface area contributed by atoms with Crippen LogP contribution in [0.15, 0.2) is 18.2 Å². The summed E-state index contributed by atoms with van der Waals surface area (Å²) in [6, 6.07) is 5.55. The number of hydroxylamine groups is 1. The van der Waals surface area contributed by atoms with Gasteiger partial charge in [-0.2, -0.15) is 0 Å². The zero-order valence-corrected chi connectivity index (χ0v) is 14.6. The van der Waals surface area contributed by atoms with E-state index < -0.39 is 5.91 Å². The predicted octanol–water partition coefficient (Wildman–Crippen LogP) is 2.70. The lowest BCUT2D eigenvalue weighted by Gasteiger charge is -2.46. The van der Waals surface area contributed by atoms with Gasteiger partial charge in [0.1, 0.15) is 0 Å². The van der Waals surface area contributed by atoms with Gasteiger partial charge in [0.05, 0.1) is 5.41 Å². The zero-order valence-electron chi connectivity index (χ0n) is 14.6. The van der Waals surface area contributed by atoms with Crippen molar-refractivity contribution in [2.45, 2.75) is 51.4 Å². The Kier molecular flexibility index (Phi) is 4.28. The van der Waals surface area contributed by atoms with Gasteiger partial charge in [-0.15, -0.1) is 0 Å². The second-order valence-corrected chi connectivity index (χ2v) is 8.03. The molecule has 2 aliphatic carbocycles. The van der Waals surface area contributed by atoms with Gasteiger partial charge in [-0.1, -0.05) is 12.5 Å². The first-order valence-electron chi connectivity index (χ1n) is 9.47. The Labute approximate surface area is 148 Å². The maximum atomic E-state index is 13.2. The molecule has 5 heteroatoms. The number of benzene rings is 1. The van der Waals surface area contributed by atoms with Gasteiger partial charge in [0.25, 0.3) is 5.91 Å². The molecule has 0 aromatic heterocycles. The third-order valence-electron chi connectivity index (χ3n) is 6.50. The number of piperidine rings is 1. The standard InChI is InChI=1S/C20H26N2O3/c23-18(21-25)16-5-6-17-12-20(9-7-15(17)11-16)8-2-10-22(19(20)24)13-14-3-1-4-14/h5-6,11,14,25H,1-4,7-10,12-13H2,(H,21,23). The van der Waals surface area contributed by atoms with E-state index in [0.29, 0.717) is 11.5 Å². The maximum absolute atomic E-state index is 13.2. The van der Waals surface area contributed by atoms with E-state index in [9.17, 15) is 9.59 Å². The minimum absolute atomic E-state index is 0.240. The van der Waals surface area contributed by atoms with Crippen LogP contribution in [-0.2, 0) is 17.6 Å². The van der Waals surface area contributed by atoms with Crippen LogP contribution in [0.2, 0.25) is 0 Å². The quantitative estimate of drug-likeness (QED) is 0.655. The van der Waals surface area contributed by atoms with Crippen molar-refractivity contribution in [1.82, 2.24) is 10.4 Å². The Morgan fingerprint density at radius 3 is 2.80 bits per heavy atom. The Bertz CT molecular complexity index is 698. The van der Waals surface area contributed by atoms with Crippen LogP contribution >= 0.6 is 0 Å². The molecule has 25 heavy (non-hydrogen) atoms. The van der Waals surface area contributed by atoms with Gasteiger partial charge in [0.2, 0.25) is 5.91 Å². The van der Waals surface area contributed by atoms with Crippen LogP contribution in [0.4, 0.5) is 0 Å². The third kappa shape index (κ3) is 2.95. The van der Waals surface area contributed by atoms with Crippen LogP contribution in [0, 0.1) is 11.3 Å². The summed E-state index contributed by atoms with van der Waals surface area (Å²) in [6.07, 6.45) is 8.40. The molecular formula is C20H26N2O3. The molecule has 2 fully saturated rings. The molecule has 1 saturated heterocycles. The van der Waals surface area contributed by atoms with Crippen LogP contribution in [0.1, 0.15) is 60.0 Å². The normalized spacial score (nSPS) is 26.3. The lowest BCUT2D eigenvalue weighted by molar-refractivity contribution is -0.148. The number of fused-ring (bicyclic) bond motifs is 1. The third-order valence-corrected chi connectivity index (χ3v) is 6.50. The summed E-state index contributed by atoms with van der Waals surface area (Å²) in [5.74, 6) is 0.589. The number of likely N-dealkylation sites (tertiary alicyclic amines) is 1. The topological polar surface area (TPSA) is 69.6 Å². The molecule has 1 aliphatic heterocycles. The summed E-state index contributed by atoms with van der Waals surface area (Å²) in [4.78, 5) is 27.0. The van der Waals surface area contributed by atoms with E-state index in [1.54, 1.807) is 11.5 Å². The van der Waals surface area contributed by atoms with E-state index in [2.05, 4.69) is 4.90 Å². The van der Waals surface area contributed by atoms with Crippen molar-refractivity contribution < 1.29 is 14.8 Å². The van der Waals surface area contributed by atoms with Gasteiger partial charge < -0.3 is 4.90 Å². The zero-order chi connectivity index (χ0) is 17.4. The summed E-state index contributed by atoms with van der Waals surface area (Å²) in [7, 11) is 0. The average molecular weight is 342 g/mol.